The van der Waals surface area contributed by atoms with E-state index in [9.17, 15) is 19.5 Å². The van der Waals surface area contributed by atoms with Crippen molar-refractivity contribution in [2.24, 2.45) is 17.8 Å². The Hall–Kier alpha value is -1.59. The maximum atomic E-state index is 12.6. The molecule has 1 amide bonds. The van der Waals surface area contributed by atoms with E-state index in [1.807, 2.05) is 13.8 Å². The highest BCUT2D eigenvalue weighted by Crippen LogP contribution is 2.48. The lowest BCUT2D eigenvalue weighted by Gasteiger charge is -2.30. The van der Waals surface area contributed by atoms with E-state index in [-0.39, 0.29) is 24.3 Å². The number of likely N-dealkylation sites (tertiary alicyclic amines) is 1. The largest absolute Gasteiger partial charge is 0.480 e. The number of ether oxygens (including phenoxy) is 1. The molecule has 6 heteroatoms. The zero-order chi connectivity index (χ0) is 15.0. The summed E-state index contributed by atoms with van der Waals surface area (Å²) in [7, 11) is 1.29. The number of piperidine rings is 1. The van der Waals surface area contributed by atoms with Crippen LogP contribution in [0.1, 0.15) is 33.1 Å². The molecule has 6 nitrogen and oxygen atoms in total. The van der Waals surface area contributed by atoms with Crippen LogP contribution in [0.5, 0.6) is 0 Å². The molecule has 1 saturated heterocycles. The molecule has 4 atom stereocenters. The fourth-order valence-corrected chi connectivity index (χ4v) is 3.06. The molecule has 0 aromatic carbocycles. The van der Waals surface area contributed by atoms with Gasteiger partial charge >= 0.3 is 11.9 Å². The Morgan fingerprint density at radius 1 is 1.30 bits per heavy atom. The fraction of sp³-hybridized carbons (Fsp3) is 0.786. The van der Waals surface area contributed by atoms with Crippen LogP contribution in [0, 0.1) is 17.8 Å². The van der Waals surface area contributed by atoms with E-state index in [4.69, 9.17) is 0 Å². The van der Waals surface area contributed by atoms with Gasteiger partial charge in [0.1, 0.15) is 6.04 Å². The summed E-state index contributed by atoms with van der Waals surface area (Å²) in [5.74, 6) is -1.83. The second-order valence-electron chi connectivity index (χ2n) is 6.03. The molecular weight excluding hydrogens is 262 g/mol. The second-order valence-corrected chi connectivity index (χ2v) is 6.03. The molecule has 20 heavy (non-hydrogen) atoms. The quantitative estimate of drug-likeness (QED) is 0.758. The molecule has 2 unspecified atom stereocenters. The maximum Gasteiger partial charge on any atom is 0.326 e. The fourth-order valence-electron chi connectivity index (χ4n) is 3.06. The van der Waals surface area contributed by atoms with Crippen LogP contribution in [0.15, 0.2) is 0 Å². The van der Waals surface area contributed by atoms with Crippen LogP contribution in [0.25, 0.3) is 0 Å². The zero-order valence-electron chi connectivity index (χ0n) is 12.0. The summed E-state index contributed by atoms with van der Waals surface area (Å²) in [5.41, 5.74) is 0. The molecule has 0 spiro atoms. The van der Waals surface area contributed by atoms with E-state index in [2.05, 4.69) is 4.74 Å². The third-order valence-electron chi connectivity index (χ3n) is 4.38. The summed E-state index contributed by atoms with van der Waals surface area (Å²) >= 11 is 0. The van der Waals surface area contributed by atoms with Crippen molar-refractivity contribution in [2.75, 3.05) is 7.11 Å². The molecular formula is C14H21NO5. The number of amides is 1. The lowest BCUT2D eigenvalue weighted by Crippen LogP contribution is -2.47. The van der Waals surface area contributed by atoms with Crippen LogP contribution >= 0.6 is 0 Å². The molecule has 1 heterocycles. The van der Waals surface area contributed by atoms with E-state index in [0.29, 0.717) is 12.3 Å². The lowest BCUT2D eigenvalue weighted by atomic mass is 9.90. The molecule has 1 saturated carbocycles. The highest BCUT2D eigenvalue weighted by molar-refractivity contribution is 5.89. The standard InChI is InChI=1S/C14H21NO5/c1-7(2)9(6-12(16)20-3)13(17)15-10-4-8(10)5-11(15)14(18)19/h7-11H,4-6H2,1-3H3,(H,18,19)/t8?,9-,10?,11-/m0/s1. The summed E-state index contributed by atoms with van der Waals surface area (Å²) in [6.45, 7) is 3.73. The average molecular weight is 283 g/mol. The van der Waals surface area contributed by atoms with E-state index in [1.165, 1.54) is 12.0 Å². The summed E-state index contributed by atoms with van der Waals surface area (Å²) in [5, 5.41) is 9.23. The van der Waals surface area contributed by atoms with Gasteiger partial charge < -0.3 is 14.7 Å². The first kappa shape index (κ1) is 14.8. The smallest absolute Gasteiger partial charge is 0.326 e. The van der Waals surface area contributed by atoms with Gasteiger partial charge in [-0.05, 0) is 24.7 Å². The number of esters is 1. The number of carboxylic acid groups (broad SMARTS) is 1. The number of methoxy groups -OCH3 is 1. The number of hydrogen-bond donors (Lipinski definition) is 1. The first-order chi connectivity index (χ1) is 9.36. The minimum absolute atomic E-state index is 0.00717. The molecule has 2 fully saturated rings. The van der Waals surface area contributed by atoms with Crippen LogP contribution in [-0.4, -0.2) is 47.0 Å². The summed E-state index contributed by atoms with van der Waals surface area (Å²) in [4.78, 5) is 36.9. The van der Waals surface area contributed by atoms with Gasteiger partial charge in [0.25, 0.3) is 0 Å². The minimum atomic E-state index is -0.953. The number of nitrogens with zero attached hydrogens (tertiary/aromatic N) is 1. The van der Waals surface area contributed by atoms with Gasteiger partial charge in [0.05, 0.1) is 19.4 Å². The van der Waals surface area contributed by atoms with Gasteiger partial charge in [-0.3, -0.25) is 9.59 Å². The van der Waals surface area contributed by atoms with Crippen molar-refractivity contribution < 1.29 is 24.2 Å². The van der Waals surface area contributed by atoms with E-state index in [1.54, 1.807) is 0 Å². The van der Waals surface area contributed by atoms with Crippen LogP contribution in [-0.2, 0) is 19.1 Å². The Bertz CT molecular complexity index is 433. The maximum absolute atomic E-state index is 12.6. The zero-order valence-corrected chi connectivity index (χ0v) is 12.0. The summed E-state index contributed by atoms with van der Waals surface area (Å²) < 4.78 is 4.63. The number of hydrogen-bond acceptors (Lipinski definition) is 4. The molecule has 1 aliphatic carbocycles. The summed E-state index contributed by atoms with van der Waals surface area (Å²) in [6, 6.07) is -0.673. The topological polar surface area (TPSA) is 83.9 Å². The number of carbonyl (C=O) groups excluding carboxylic acids is 2. The molecule has 1 aliphatic heterocycles. The van der Waals surface area contributed by atoms with Crippen LogP contribution in [0.4, 0.5) is 0 Å². The Kier molecular flexibility index (Phi) is 4.01. The monoisotopic (exact) mass is 283 g/mol. The second kappa shape index (κ2) is 5.42. The van der Waals surface area contributed by atoms with Gasteiger partial charge in [0.2, 0.25) is 5.91 Å². The molecule has 0 aromatic rings. The normalized spacial score (nSPS) is 29.0. The van der Waals surface area contributed by atoms with E-state index < -0.39 is 23.9 Å². The van der Waals surface area contributed by atoms with Gasteiger partial charge in [-0.25, -0.2) is 4.79 Å². The first-order valence-electron chi connectivity index (χ1n) is 6.98. The Morgan fingerprint density at radius 3 is 2.45 bits per heavy atom. The Labute approximate surface area is 118 Å². The van der Waals surface area contributed by atoms with Crippen LogP contribution in [0.2, 0.25) is 0 Å². The lowest BCUT2D eigenvalue weighted by molar-refractivity contribution is -0.154. The third kappa shape index (κ3) is 2.64. The third-order valence-corrected chi connectivity index (χ3v) is 4.38. The van der Waals surface area contributed by atoms with E-state index >= 15 is 0 Å². The van der Waals surface area contributed by atoms with E-state index in [0.717, 1.165) is 6.42 Å². The first-order valence-corrected chi connectivity index (χ1v) is 6.98. The average Bonchev–Trinajstić information content (AvgIpc) is 3.05. The van der Waals surface area contributed by atoms with Crippen molar-refractivity contribution in [1.29, 1.82) is 0 Å². The van der Waals surface area contributed by atoms with Crippen LogP contribution < -0.4 is 0 Å². The van der Waals surface area contributed by atoms with Crippen LogP contribution in [0.3, 0.4) is 0 Å². The molecule has 112 valence electrons. The minimum Gasteiger partial charge on any atom is -0.480 e. The van der Waals surface area contributed by atoms with Crippen molar-refractivity contribution in [3.05, 3.63) is 0 Å². The van der Waals surface area contributed by atoms with Gasteiger partial charge in [0.15, 0.2) is 0 Å². The number of rotatable bonds is 5. The predicted molar refractivity (Wildman–Crippen MR) is 69.7 cm³/mol. The van der Waals surface area contributed by atoms with Crippen molar-refractivity contribution in [3.63, 3.8) is 0 Å². The van der Waals surface area contributed by atoms with Gasteiger partial charge in [-0.1, -0.05) is 13.8 Å². The van der Waals surface area contributed by atoms with Crippen molar-refractivity contribution >= 4 is 17.8 Å². The molecule has 0 radical (unpaired) electrons. The van der Waals surface area contributed by atoms with Crippen molar-refractivity contribution in [3.8, 4) is 0 Å². The highest BCUT2D eigenvalue weighted by atomic mass is 16.5. The predicted octanol–water partition coefficient (Wildman–Crippen LogP) is 0.896. The molecule has 1 N–H and O–H groups in total. The Morgan fingerprint density at radius 2 is 1.95 bits per heavy atom. The molecule has 0 aromatic heterocycles. The van der Waals surface area contributed by atoms with Gasteiger partial charge in [-0.15, -0.1) is 0 Å². The van der Waals surface area contributed by atoms with Crippen molar-refractivity contribution in [2.45, 2.75) is 45.2 Å². The number of carboxylic acids is 1. The van der Waals surface area contributed by atoms with Gasteiger partial charge in [0, 0.05) is 6.04 Å². The highest BCUT2D eigenvalue weighted by Gasteiger charge is 2.57. The SMILES string of the molecule is COC(=O)C[C@H](C(=O)N1C2CC2C[C@H]1C(=O)O)C(C)C. The molecule has 2 rings (SSSR count). The number of carbonyl (C=O) groups is 3. The van der Waals surface area contributed by atoms with Crippen molar-refractivity contribution in [1.82, 2.24) is 4.90 Å². The molecule has 2 aliphatic rings. The summed E-state index contributed by atoms with van der Waals surface area (Å²) in [6.07, 6.45) is 1.43. The number of fused-ring (bicyclic) bond motifs is 1. The number of aliphatic carboxylic acids is 1. The van der Waals surface area contributed by atoms with Gasteiger partial charge in [-0.2, -0.15) is 0 Å². The molecule has 0 bridgehead atoms. The Balaban J connectivity index is 2.14.